The molecule has 0 aliphatic heterocycles. The maximum Gasteiger partial charge on any atom is 0.253 e. The number of benzene rings is 2. The van der Waals surface area contributed by atoms with Crippen LogP contribution in [0.5, 0.6) is 0 Å². The first-order valence-electron chi connectivity index (χ1n) is 6.70. The van der Waals surface area contributed by atoms with Gasteiger partial charge in [0.25, 0.3) is 5.91 Å². The smallest absolute Gasteiger partial charge is 0.253 e. The Morgan fingerprint density at radius 1 is 1.14 bits per heavy atom. The van der Waals surface area contributed by atoms with Crippen molar-refractivity contribution in [2.24, 2.45) is 0 Å². The van der Waals surface area contributed by atoms with Crippen LogP contribution in [0, 0.1) is 11.8 Å². The van der Waals surface area contributed by atoms with Gasteiger partial charge in [-0.25, -0.2) is 0 Å². The highest BCUT2D eigenvalue weighted by Gasteiger charge is 2.11. The van der Waals surface area contributed by atoms with Crippen LogP contribution in [-0.4, -0.2) is 29.6 Å². The van der Waals surface area contributed by atoms with E-state index in [-0.39, 0.29) is 12.5 Å². The van der Waals surface area contributed by atoms with Crippen LogP contribution in [0.25, 0.3) is 0 Å². The average Bonchev–Trinajstić information content (AvgIpc) is 2.53. The third-order valence-electron chi connectivity index (χ3n) is 3.03. The average molecular weight is 279 g/mol. The molecule has 106 valence electrons. The molecule has 0 aromatic heterocycles. The van der Waals surface area contributed by atoms with Gasteiger partial charge in [-0.3, -0.25) is 4.79 Å². The normalized spacial score (nSPS) is 9.62. The maximum absolute atomic E-state index is 12.3. The Labute approximate surface area is 124 Å². The van der Waals surface area contributed by atoms with Gasteiger partial charge in [0.05, 0.1) is 0 Å². The monoisotopic (exact) mass is 279 g/mol. The molecule has 2 aromatic rings. The van der Waals surface area contributed by atoms with Crippen molar-refractivity contribution in [3.05, 3.63) is 71.3 Å². The van der Waals surface area contributed by atoms with E-state index in [1.165, 1.54) is 0 Å². The minimum absolute atomic E-state index is 0.0116. The second-order valence-corrected chi connectivity index (χ2v) is 4.69. The number of hydrogen-bond donors (Lipinski definition) is 1. The highest BCUT2D eigenvalue weighted by atomic mass is 16.2. The van der Waals surface area contributed by atoms with Crippen molar-refractivity contribution in [3.8, 4) is 11.8 Å². The molecular weight excluding hydrogens is 262 g/mol. The largest absolute Gasteiger partial charge is 0.384 e. The Kier molecular flexibility index (Phi) is 5.14. The number of aliphatic hydroxyl groups is 1. The minimum Gasteiger partial charge on any atom is -0.384 e. The first kappa shape index (κ1) is 14.8. The Morgan fingerprint density at radius 3 is 2.62 bits per heavy atom. The van der Waals surface area contributed by atoms with Crippen LogP contribution in [0.15, 0.2) is 54.6 Å². The zero-order valence-electron chi connectivity index (χ0n) is 11.9. The molecule has 0 saturated carbocycles. The van der Waals surface area contributed by atoms with E-state index < -0.39 is 0 Å². The molecule has 2 rings (SSSR count). The van der Waals surface area contributed by atoms with E-state index in [9.17, 15) is 4.79 Å². The van der Waals surface area contributed by atoms with Gasteiger partial charge in [0.15, 0.2) is 0 Å². The lowest BCUT2D eigenvalue weighted by atomic mass is 10.1. The lowest BCUT2D eigenvalue weighted by Gasteiger charge is -2.17. The zero-order chi connectivity index (χ0) is 15.1. The summed E-state index contributed by atoms with van der Waals surface area (Å²) >= 11 is 0. The first-order valence-corrected chi connectivity index (χ1v) is 6.70. The molecule has 0 radical (unpaired) electrons. The molecule has 0 bridgehead atoms. The lowest BCUT2D eigenvalue weighted by Crippen LogP contribution is -2.26. The lowest BCUT2D eigenvalue weighted by molar-refractivity contribution is 0.0785. The fourth-order valence-electron chi connectivity index (χ4n) is 2.04. The molecule has 0 fully saturated rings. The Balaban J connectivity index is 2.09. The molecule has 21 heavy (non-hydrogen) atoms. The van der Waals surface area contributed by atoms with E-state index in [1.54, 1.807) is 11.9 Å². The van der Waals surface area contributed by atoms with Crippen molar-refractivity contribution in [2.75, 3.05) is 13.7 Å². The molecule has 0 heterocycles. The van der Waals surface area contributed by atoms with Gasteiger partial charge >= 0.3 is 0 Å². The van der Waals surface area contributed by atoms with E-state index in [1.807, 2.05) is 54.6 Å². The molecular formula is C18H17NO2. The zero-order valence-corrected chi connectivity index (χ0v) is 11.9. The van der Waals surface area contributed by atoms with Crippen molar-refractivity contribution in [3.63, 3.8) is 0 Å². The standard InChI is InChI=1S/C18H17NO2/c1-19(18(21)17-10-3-2-4-11-17)14-16-8-5-7-15(13-16)9-6-12-20/h2-5,7-8,10-11,13,20H,12,14H2,1H3. The quantitative estimate of drug-likeness (QED) is 0.876. The number of carbonyl (C=O) groups excluding carboxylic acids is 1. The second kappa shape index (κ2) is 7.28. The Hall–Kier alpha value is -2.57. The molecule has 0 saturated heterocycles. The Morgan fingerprint density at radius 2 is 1.90 bits per heavy atom. The van der Waals surface area contributed by atoms with Crippen LogP contribution in [0.2, 0.25) is 0 Å². The first-order chi connectivity index (χ1) is 10.2. The molecule has 0 unspecified atom stereocenters. The molecule has 1 amide bonds. The summed E-state index contributed by atoms with van der Waals surface area (Å²) in [6.45, 7) is 0.360. The maximum atomic E-state index is 12.3. The van der Waals surface area contributed by atoms with Crippen LogP contribution in [0.1, 0.15) is 21.5 Å². The summed E-state index contributed by atoms with van der Waals surface area (Å²) in [6.07, 6.45) is 0. The van der Waals surface area contributed by atoms with E-state index in [0.717, 1.165) is 11.1 Å². The third kappa shape index (κ3) is 4.20. The van der Waals surface area contributed by atoms with Gasteiger partial charge < -0.3 is 10.0 Å². The van der Waals surface area contributed by atoms with Gasteiger partial charge in [0.2, 0.25) is 0 Å². The number of nitrogens with zero attached hydrogens (tertiary/aromatic N) is 1. The topological polar surface area (TPSA) is 40.5 Å². The minimum atomic E-state index is -0.156. The van der Waals surface area contributed by atoms with E-state index in [2.05, 4.69) is 11.8 Å². The summed E-state index contributed by atoms with van der Waals surface area (Å²) in [5, 5.41) is 8.71. The van der Waals surface area contributed by atoms with Gasteiger partial charge in [0, 0.05) is 24.7 Å². The SMILES string of the molecule is CN(Cc1cccc(C#CCO)c1)C(=O)c1ccccc1. The summed E-state index contributed by atoms with van der Waals surface area (Å²) in [4.78, 5) is 13.9. The van der Waals surface area contributed by atoms with E-state index in [4.69, 9.17) is 5.11 Å². The molecule has 0 aliphatic carbocycles. The van der Waals surface area contributed by atoms with E-state index in [0.29, 0.717) is 12.1 Å². The molecule has 0 spiro atoms. The van der Waals surface area contributed by atoms with E-state index >= 15 is 0 Å². The predicted octanol–water partition coefficient (Wildman–Crippen LogP) is 2.30. The number of rotatable bonds is 3. The molecule has 2 aromatic carbocycles. The summed E-state index contributed by atoms with van der Waals surface area (Å²) in [7, 11) is 1.78. The summed E-state index contributed by atoms with van der Waals surface area (Å²) < 4.78 is 0. The predicted molar refractivity (Wildman–Crippen MR) is 82.6 cm³/mol. The molecule has 3 nitrogen and oxygen atoms in total. The third-order valence-corrected chi connectivity index (χ3v) is 3.03. The molecule has 0 aliphatic rings. The molecule has 1 N–H and O–H groups in total. The van der Waals surface area contributed by atoms with Crippen molar-refractivity contribution in [2.45, 2.75) is 6.54 Å². The second-order valence-electron chi connectivity index (χ2n) is 4.69. The van der Waals surface area contributed by atoms with Crippen molar-refractivity contribution >= 4 is 5.91 Å². The highest BCUT2D eigenvalue weighted by Crippen LogP contribution is 2.10. The number of aliphatic hydroxyl groups excluding tert-OH is 1. The fraction of sp³-hybridized carbons (Fsp3) is 0.167. The highest BCUT2D eigenvalue weighted by molar-refractivity contribution is 5.93. The van der Waals surface area contributed by atoms with Gasteiger partial charge in [-0.2, -0.15) is 0 Å². The Bertz CT molecular complexity index is 668. The van der Waals surface area contributed by atoms with Crippen LogP contribution in [-0.2, 0) is 6.54 Å². The summed E-state index contributed by atoms with van der Waals surface area (Å²) in [5.74, 6) is 5.47. The number of hydrogen-bond acceptors (Lipinski definition) is 2. The van der Waals surface area contributed by atoms with Gasteiger partial charge in [0.1, 0.15) is 6.61 Å². The fourth-order valence-corrected chi connectivity index (χ4v) is 2.04. The number of amides is 1. The van der Waals surface area contributed by atoms with Gasteiger partial charge in [-0.05, 0) is 29.8 Å². The van der Waals surface area contributed by atoms with Crippen molar-refractivity contribution in [1.82, 2.24) is 4.90 Å². The van der Waals surface area contributed by atoms with Crippen LogP contribution >= 0.6 is 0 Å². The molecule has 3 heteroatoms. The van der Waals surface area contributed by atoms with Crippen LogP contribution in [0.4, 0.5) is 0 Å². The van der Waals surface area contributed by atoms with Gasteiger partial charge in [-0.15, -0.1) is 0 Å². The van der Waals surface area contributed by atoms with Crippen molar-refractivity contribution < 1.29 is 9.90 Å². The van der Waals surface area contributed by atoms with Crippen molar-refractivity contribution in [1.29, 1.82) is 0 Å². The number of carbonyl (C=O) groups is 1. The van der Waals surface area contributed by atoms with Gasteiger partial charge in [-0.1, -0.05) is 42.2 Å². The van der Waals surface area contributed by atoms with Crippen LogP contribution in [0.3, 0.4) is 0 Å². The summed E-state index contributed by atoms with van der Waals surface area (Å²) in [5.41, 5.74) is 2.52. The molecule has 0 atom stereocenters. The summed E-state index contributed by atoms with van der Waals surface area (Å²) in [6, 6.07) is 16.9. The van der Waals surface area contributed by atoms with Crippen LogP contribution < -0.4 is 0 Å².